The summed E-state index contributed by atoms with van der Waals surface area (Å²) >= 11 is 0. The van der Waals surface area contributed by atoms with Crippen molar-refractivity contribution in [2.45, 2.75) is 58.4 Å². The molecule has 2 fully saturated rings. The minimum atomic E-state index is -0.908. The number of alkyl halides is 1. The van der Waals surface area contributed by atoms with Gasteiger partial charge in [-0.25, -0.2) is 13.6 Å². The van der Waals surface area contributed by atoms with Crippen LogP contribution in [0.15, 0.2) is 35.9 Å². The number of hydrogen-bond donors (Lipinski definition) is 1. The van der Waals surface area contributed by atoms with E-state index in [0.29, 0.717) is 43.5 Å². The molecule has 0 aliphatic carbocycles. The van der Waals surface area contributed by atoms with E-state index in [1.807, 2.05) is 33.9 Å². The molecule has 1 aromatic rings. The summed E-state index contributed by atoms with van der Waals surface area (Å²) in [4.78, 5) is 41.5. The number of carbonyl (C=O) groups is 3. The quantitative estimate of drug-likeness (QED) is 0.252. The van der Waals surface area contributed by atoms with Gasteiger partial charge in [-0.15, -0.1) is 0 Å². The van der Waals surface area contributed by atoms with Crippen molar-refractivity contribution in [2.75, 3.05) is 51.2 Å². The van der Waals surface area contributed by atoms with Gasteiger partial charge in [0.1, 0.15) is 30.7 Å². The van der Waals surface area contributed by atoms with Crippen LogP contribution in [-0.2, 0) is 14.3 Å². The van der Waals surface area contributed by atoms with Gasteiger partial charge in [0, 0.05) is 44.2 Å². The lowest BCUT2D eigenvalue weighted by Crippen LogP contribution is -2.48. The Kier molecular flexibility index (Phi) is 12.7. The number of allylic oxidation sites excluding steroid dienone is 2. The molecule has 1 amide bonds. The molecular formula is C32H45F2N3O5. The zero-order chi connectivity index (χ0) is 30.8. The number of likely N-dealkylation sites (N-methyl/N-ethyl adjacent to an activating group) is 1. The third kappa shape index (κ3) is 9.73. The number of aliphatic hydroxyl groups excluding tert-OH is 1. The van der Waals surface area contributed by atoms with E-state index >= 15 is 0 Å². The molecule has 2 saturated heterocycles. The second-order valence-electron chi connectivity index (χ2n) is 11.8. The summed E-state index contributed by atoms with van der Waals surface area (Å²) in [6.07, 6.45) is 5.29. The number of benzene rings is 1. The fourth-order valence-corrected chi connectivity index (χ4v) is 5.28. The fourth-order valence-electron chi connectivity index (χ4n) is 5.28. The molecule has 0 spiro atoms. The van der Waals surface area contributed by atoms with Crippen molar-refractivity contribution in [3.05, 3.63) is 47.3 Å². The third-order valence-electron chi connectivity index (χ3n) is 8.23. The molecule has 2 heterocycles. The number of rotatable bonds is 14. The van der Waals surface area contributed by atoms with Gasteiger partial charge in [-0.3, -0.25) is 0 Å². The van der Waals surface area contributed by atoms with Crippen LogP contribution in [-0.4, -0.2) is 98.3 Å². The lowest BCUT2D eigenvalue weighted by Gasteiger charge is -2.36. The number of hydrogen-bond acceptors (Lipinski definition) is 7. The van der Waals surface area contributed by atoms with Gasteiger partial charge in [0.25, 0.3) is 0 Å². The van der Waals surface area contributed by atoms with Crippen LogP contribution in [0.4, 0.5) is 19.3 Å². The summed E-state index contributed by atoms with van der Waals surface area (Å²) < 4.78 is 33.6. The van der Waals surface area contributed by atoms with Crippen molar-refractivity contribution in [3.63, 3.8) is 0 Å². The molecule has 42 heavy (non-hydrogen) atoms. The number of carbonyl (C=O) groups excluding carboxylic acids is 3. The Balaban J connectivity index is 1.73. The maximum atomic E-state index is 14.3. The molecule has 0 aromatic heterocycles. The molecule has 2 aliphatic heterocycles. The predicted octanol–water partition coefficient (Wildman–Crippen LogP) is 4.51. The standard InChI is InChI=1S/C32H45F2N3O5/c1-22(30(21-39)24(3)15-25-16-26(33)18-28(17-25)37-19-27(34)20-37)6-8-31(23(2)5-7-29(40)9-14-38)42-32(41)36-12-10-35(4)11-13-36/h6,8,14-18,21-23,27,29-31,40H,5,7,9-13,19-20H2,1-4H3/b8-6+,24-15+/t22-,23-,29+,30-,31-/m0/s1. The molecule has 1 N–H and O–H groups in total. The molecule has 5 atom stereocenters. The Morgan fingerprint density at radius 2 is 1.79 bits per heavy atom. The van der Waals surface area contributed by atoms with E-state index in [1.54, 1.807) is 28.0 Å². The van der Waals surface area contributed by atoms with E-state index in [4.69, 9.17) is 4.74 Å². The summed E-state index contributed by atoms with van der Waals surface area (Å²) in [7, 11) is 2.00. The van der Waals surface area contributed by atoms with Gasteiger partial charge in [-0.2, -0.15) is 0 Å². The number of aldehydes is 2. The topological polar surface area (TPSA) is 90.4 Å². The zero-order valence-electron chi connectivity index (χ0n) is 25.1. The minimum absolute atomic E-state index is 0.0547. The Hall–Kier alpha value is -3.11. The molecule has 3 rings (SSSR count). The zero-order valence-corrected chi connectivity index (χ0v) is 25.1. The van der Waals surface area contributed by atoms with Gasteiger partial charge < -0.3 is 34.1 Å². The van der Waals surface area contributed by atoms with Crippen LogP contribution in [0.1, 0.15) is 45.6 Å². The van der Waals surface area contributed by atoms with E-state index in [0.717, 1.165) is 24.9 Å². The Morgan fingerprint density at radius 1 is 1.10 bits per heavy atom. The Bertz CT molecular complexity index is 1120. The van der Waals surface area contributed by atoms with Gasteiger partial charge in [0.05, 0.1) is 19.2 Å². The molecule has 0 saturated carbocycles. The van der Waals surface area contributed by atoms with E-state index in [9.17, 15) is 28.3 Å². The van der Waals surface area contributed by atoms with Crippen LogP contribution in [0.2, 0.25) is 0 Å². The average molecular weight is 590 g/mol. The van der Waals surface area contributed by atoms with Crippen LogP contribution in [0, 0.1) is 23.6 Å². The summed E-state index contributed by atoms with van der Waals surface area (Å²) in [5.41, 5.74) is 1.94. The second kappa shape index (κ2) is 15.9. The lowest BCUT2D eigenvalue weighted by atomic mass is 9.86. The monoisotopic (exact) mass is 589 g/mol. The number of nitrogens with zero attached hydrogens (tertiary/aromatic N) is 3. The largest absolute Gasteiger partial charge is 0.442 e. The van der Waals surface area contributed by atoms with Crippen molar-refractivity contribution in [2.24, 2.45) is 17.8 Å². The average Bonchev–Trinajstić information content (AvgIpc) is 2.92. The molecule has 0 bridgehead atoms. The first-order valence-electron chi connectivity index (χ1n) is 14.8. The van der Waals surface area contributed by atoms with Crippen LogP contribution in [0.3, 0.4) is 0 Å². The van der Waals surface area contributed by atoms with Crippen molar-refractivity contribution in [1.29, 1.82) is 0 Å². The number of amides is 1. The number of halogens is 2. The van der Waals surface area contributed by atoms with Gasteiger partial charge in [0.15, 0.2) is 0 Å². The van der Waals surface area contributed by atoms with E-state index < -0.39 is 36.2 Å². The molecule has 8 nitrogen and oxygen atoms in total. The first-order valence-corrected chi connectivity index (χ1v) is 14.8. The molecule has 1 aromatic carbocycles. The summed E-state index contributed by atoms with van der Waals surface area (Å²) in [5, 5.41) is 10.0. The fraction of sp³-hybridized carbons (Fsp3) is 0.594. The molecule has 10 heteroatoms. The highest BCUT2D eigenvalue weighted by Crippen LogP contribution is 2.28. The van der Waals surface area contributed by atoms with Gasteiger partial charge >= 0.3 is 6.09 Å². The van der Waals surface area contributed by atoms with Crippen LogP contribution < -0.4 is 4.90 Å². The molecule has 0 unspecified atom stereocenters. The van der Waals surface area contributed by atoms with E-state index in [-0.39, 0.29) is 31.3 Å². The van der Waals surface area contributed by atoms with Gasteiger partial charge in [0.2, 0.25) is 0 Å². The SMILES string of the molecule is C/C(=C\c1cc(F)cc(N2CC(F)C2)c1)[C@@H](C=O)[C@@H](C)/C=C/[C@H](OC(=O)N1CCN(C)CC1)[C@@H](C)CC[C@@H](O)CC=O. The van der Waals surface area contributed by atoms with Gasteiger partial charge in [-0.1, -0.05) is 31.6 Å². The van der Waals surface area contributed by atoms with Crippen molar-refractivity contribution < 1.29 is 33.0 Å². The first-order chi connectivity index (χ1) is 20.0. The maximum Gasteiger partial charge on any atom is 0.410 e. The molecule has 232 valence electrons. The second-order valence-corrected chi connectivity index (χ2v) is 11.8. The molecule has 0 radical (unpaired) electrons. The normalized spacial score (nSPS) is 20.5. The maximum absolute atomic E-state index is 14.3. The minimum Gasteiger partial charge on any atom is -0.442 e. The predicted molar refractivity (Wildman–Crippen MR) is 159 cm³/mol. The number of ether oxygens (including phenoxy) is 1. The van der Waals surface area contributed by atoms with Crippen molar-refractivity contribution in [3.8, 4) is 0 Å². The number of anilines is 1. The molecular weight excluding hydrogens is 544 g/mol. The van der Waals surface area contributed by atoms with E-state index in [2.05, 4.69) is 4.90 Å². The van der Waals surface area contributed by atoms with Crippen molar-refractivity contribution >= 4 is 30.4 Å². The van der Waals surface area contributed by atoms with Gasteiger partial charge in [-0.05, 0) is 68.5 Å². The van der Waals surface area contributed by atoms with Crippen LogP contribution >= 0.6 is 0 Å². The van der Waals surface area contributed by atoms with Crippen LogP contribution in [0.5, 0.6) is 0 Å². The Morgan fingerprint density at radius 3 is 2.40 bits per heavy atom. The van der Waals surface area contributed by atoms with Crippen molar-refractivity contribution in [1.82, 2.24) is 9.80 Å². The summed E-state index contributed by atoms with van der Waals surface area (Å²) in [6, 6.07) is 4.55. The number of aliphatic hydroxyl groups is 1. The first kappa shape index (κ1) is 33.4. The lowest BCUT2D eigenvalue weighted by molar-refractivity contribution is -0.111. The third-order valence-corrected chi connectivity index (χ3v) is 8.23. The van der Waals surface area contributed by atoms with Crippen LogP contribution in [0.25, 0.3) is 6.08 Å². The van der Waals surface area contributed by atoms with E-state index in [1.165, 1.54) is 12.1 Å². The highest BCUT2D eigenvalue weighted by molar-refractivity contribution is 5.69. The highest BCUT2D eigenvalue weighted by Gasteiger charge is 2.28. The Labute approximate surface area is 248 Å². The summed E-state index contributed by atoms with van der Waals surface area (Å²) in [5.74, 6) is -1.34. The number of piperazine rings is 1. The highest BCUT2D eigenvalue weighted by atomic mass is 19.1. The smallest absolute Gasteiger partial charge is 0.410 e. The summed E-state index contributed by atoms with van der Waals surface area (Å²) in [6.45, 7) is 8.76. The molecule has 2 aliphatic rings.